The van der Waals surface area contributed by atoms with Crippen LogP contribution < -0.4 is 9.47 Å². The molecule has 2 aromatic rings. The van der Waals surface area contributed by atoms with Crippen LogP contribution in [0, 0.1) is 5.82 Å². The third-order valence-electron chi connectivity index (χ3n) is 2.44. The van der Waals surface area contributed by atoms with Crippen LogP contribution >= 0.6 is 15.9 Å². The average Bonchev–Trinajstić information content (AvgIpc) is 2.39. The molecule has 0 amide bonds. The molecule has 0 fully saturated rings. The largest absolute Gasteiger partial charge is 0.495 e. The lowest BCUT2D eigenvalue weighted by atomic mass is 10.2. The molecule has 94 valence electrons. The highest BCUT2D eigenvalue weighted by Gasteiger charge is 2.10. The Kier molecular flexibility index (Phi) is 4.20. The van der Waals surface area contributed by atoms with Crippen molar-refractivity contribution in [1.29, 1.82) is 0 Å². The molecule has 0 atom stereocenters. The molecule has 18 heavy (non-hydrogen) atoms. The van der Waals surface area contributed by atoms with E-state index in [0.29, 0.717) is 16.8 Å². The molecule has 0 aliphatic rings. The smallest absolute Gasteiger partial charge is 0.166 e. The summed E-state index contributed by atoms with van der Waals surface area (Å²) >= 11 is 3.22. The van der Waals surface area contributed by atoms with Gasteiger partial charge in [-0.3, -0.25) is 0 Å². The highest BCUT2D eigenvalue weighted by molar-refractivity contribution is 9.10. The second-order valence-electron chi connectivity index (χ2n) is 3.69. The van der Waals surface area contributed by atoms with E-state index in [-0.39, 0.29) is 5.75 Å². The van der Waals surface area contributed by atoms with Crippen LogP contribution in [0.4, 0.5) is 4.39 Å². The Hall–Kier alpha value is -1.55. The highest BCUT2D eigenvalue weighted by Crippen LogP contribution is 2.32. The molecule has 4 heteroatoms. The first-order valence-corrected chi connectivity index (χ1v) is 6.20. The fourth-order valence-electron chi connectivity index (χ4n) is 1.51. The summed E-state index contributed by atoms with van der Waals surface area (Å²) in [6.45, 7) is 0.322. The predicted octanol–water partition coefficient (Wildman–Crippen LogP) is 4.18. The third kappa shape index (κ3) is 3.01. The number of hydrogen-bond acceptors (Lipinski definition) is 2. The monoisotopic (exact) mass is 310 g/mol. The summed E-state index contributed by atoms with van der Waals surface area (Å²) in [5, 5.41) is 0. The van der Waals surface area contributed by atoms with Gasteiger partial charge in [-0.05, 0) is 27.6 Å². The van der Waals surface area contributed by atoms with Crippen molar-refractivity contribution >= 4 is 15.9 Å². The van der Waals surface area contributed by atoms with E-state index in [1.165, 1.54) is 19.2 Å². The van der Waals surface area contributed by atoms with Crippen molar-refractivity contribution in [1.82, 2.24) is 0 Å². The zero-order valence-electron chi connectivity index (χ0n) is 9.82. The topological polar surface area (TPSA) is 18.5 Å². The molecule has 2 rings (SSSR count). The van der Waals surface area contributed by atoms with Crippen molar-refractivity contribution in [3.05, 3.63) is 58.3 Å². The van der Waals surface area contributed by atoms with Gasteiger partial charge in [0.2, 0.25) is 0 Å². The van der Waals surface area contributed by atoms with Crippen molar-refractivity contribution < 1.29 is 13.9 Å². The average molecular weight is 311 g/mol. The van der Waals surface area contributed by atoms with Crippen molar-refractivity contribution in [2.24, 2.45) is 0 Å². The Morgan fingerprint density at radius 3 is 2.50 bits per heavy atom. The van der Waals surface area contributed by atoms with E-state index >= 15 is 0 Å². The molecule has 0 heterocycles. The molecule has 0 aliphatic carbocycles. The van der Waals surface area contributed by atoms with Crippen LogP contribution in [0.1, 0.15) is 5.56 Å². The molecule has 0 saturated carbocycles. The highest BCUT2D eigenvalue weighted by atomic mass is 79.9. The van der Waals surface area contributed by atoms with Gasteiger partial charge in [0, 0.05) is 6.07 Å². The molecular formula is C14H12BrFO2. The molecule has 0 aromatic heterocycles. The number of rotatable bonds is 4. The van der Waals surface area contributed by atoms with Crippen LogP contribution in [0.25, 0.3) is 0 Å². The summed E-state index contributed by atoms with van der Waals surface area (Å²) in [5.74, 6) is 0.303. The summed E-state index contributed by atoms with van der Waals surface area (Å²) in [6, 6.07) is 12.5. The number of halogens is 2. The first-order chi connectivity index (χ1) is 8.70. The Balaban J connectivity index is 2.14. The molecular weight excluding hydrogens is 299 g/mol. The van der Waals surface area contributed by atoms with Crippen LogP contribution in [0.5, 0.6) is 11.5 Å². The quantitative estimate of drug-likeness (QED) is 0.843. The fourth-order valence-corrected chi connectivity index (χ4v) is 1.99. The Labute approximate surface area is 113 Å². The molecule has 0 N–H and O–H groups in total. The molecule has 0 aliphatic heterocycles. The van der Waals surface area contributed by atoms with Gasteiger partial charge in [0.1, 0.15) is 12.4 Å². The number of hydrogen-bond donors (Lipinski definition) is 0. The van der Waals surface area contributed by atoms with Crippen LogP contribution in [0.15, 0.2) is 46.9 Å². The standard InChI is InChI=1S/C14H12BrFO2/c1-17-13-8-14(12(16)7-11(13)15)18-9-10-5-3-2-4-6-10/h2-8H,9H2,1H3. The normalized spacial score (nSPS) is 10.2. The summed E-state index contributed by atoms with van der Waals surface area (Å²) in [7, 11) is 1.53. The zero-order chi connectivity index (χ0) is 13.0. The van der Waals surface area contributed by atoms with Crippen LogP contribution in [0.3, 0.4) is 0 Å². The van der Waals surface area contributed by atoms with Gasteiger partial charge < -0.3 is 9.47 Å². The van der Waals surface area contributed by atoms with Gasteiger partial charge in [-0.25, -0.2) is 4.39 Å². The third-order valence-corrected chi connectivity index (χ3v) is 3.06. The summed E-state index contributed by atoms with van der Waals surface area (Å²) in [4.78, 5) is 0. The van der Waals surface area contributed by atoms with Crippen LogP contribution in [-0.2, 0) is 6.61 Å². The summed E-state index contributed by atoms with van der Waals surface area (Å²) in [5.41, 5.74) is 0.985. The maximum absolute atomic E-state index is 13.7. The lowest BCUT2D eigenvalue weighted by molar-refractivity contribution is 0.287. The van der Waals surface area contributed by atoms with Crippen LogP contribution in [0.2, 0.25) is 0 Å². The van der Waals surface area contributed by atoms with Crippen molar-refractivity contribution in [3.8, 4) is 11.5 Å². The molecule has 0 radical (unpaired) electrons. The summed E-state index contributed by atoms with van der Waals surface area (Å²) < 4.78 is 24.8. The summed E-state index contributed by atoms with van der Waals surface area (Å²) in [6.07, 6.45) is 0. The van der Waals surface area contributed by atoms with Gasteiger partial charge in [-0.2, -0.15) is 0 Å². The van der Waals surface area contributed by atoms with Gasteiger partial charge in [-0.1, -0.05) is 30.3 Å². The van der Waals surface area contributed by atoms with Crippen molar-refractivity contribution in [2.75, 3.05) is 7.11 Å². The van der Waals surface area contributed by atoms with Gasteiger partial charge in [-0.15, -0.1) is 0 Å². The lowest BCUT2D eigenvalue weighted by Crippen LogP contribution is -1.98. The Morgan fingerprint density at radius 2 is 1.83 bits per heavy atom. The minimum atomic E-state index is -0.418. The van der Waals surface area contributed by atoms with E-state index < -0.39 is 5.82 Å². The first kappa shape index (κ1) is 12.9. The van der Waals surface area contributed by atoms with Gasteiger partial charge in [0.25, 0.3) is 0 Å². The van der Waals surface area contributed by atoms with Crippen molar-refractivity contribution in [3.63, 3.8) is 0 Å². The second-order valence-corrected chi connectivity index (χ2v) is 4.55. The van der Waals surface area contributed by atoms with E-state index in [1.54, 1.807) is 0 Å². The SMILES string of the molecule is COc1cc(OCc2ccccc2)c(F)cc1Br. The van der Waals surface area contributed by atoms with E-state index in [1.807, 2.05) is 30.3 Å². The predicted molar refractivity (Wildman–Crippen MR) is 71.4 cm³/mol. The van der Waals surface area contributed by atoms with E-state index in [0.717, 1.165) is 5.56 Å². The molecule has 0 unspecified atom stereocenters. The maximum Gasteiger partial charge on any atom is 0.166 e. The van der Waals surface area contributed by atoms with E-state index in [9.17, 15) is 4.39 Å². The first-order valence-electron chi connectivity index (χ1n) is 5.40. The molecule has 2 nitrogen and oxygen atoms in total. The minimum Gasteiger partial charge on any atom is -0.495 e. The Morgan fingerprint density at radius 1 is 1.11 bits per heavy atom. The molecule has 0 saturated heterocycles. The number of methoxy groups -OCH3 is 1. The number of ether oxygens (including phenoxy) is 2. The van der Waals surface area contributed by atoms with Gasteiger partial charge >= 0.3 is 0 Å². The van der Waals surface area contributed by atoms with E-state index in [4.69, 9.17) is 9.47 Å². The lowest BCUT2D eigenvalue weighted by Gasteiger charge is -2.10. The maximum atomic E-state index is 13.7. The molecule has 2 aromatic carbocycles. The van der Waals surface area contributed by atoms with Crippen LogP contribution in [-0.4, -0.2) is 7.11 Å². The second kappa shape index (κ2) is 5.87. The number of benzene rings is 2. The zero-order valence-corrected chi connectivity index (χ0v) is 11.4. The fraction of sp³-hybridized carbons (Fsp3) is 0.143. The van der Waals surface area contributed by atoms with Crippen molar-refractivity contribution in [2.45, 2.75) is 6.61 Å². The van der Waals surface area contributed by atoms with Gasteiger partial charge in [0.15, 0.2) is 11.6 Å². The molecule has 0 spiro atoms. The Bertz CT molecular complexity index is 529. The van der Waals surface area contributed by atoms with Gasteiger partial charge in [0.05, 0.1) is 11.6 Å². The molecule has 0 bridgehead atoms. The minimum absolute atomic E-state index is 0.180. The van der Waals surface area contributed by atoms with E-state index in [2.05, 4.69) is 15.9 Å².